The van der Waals surface area contributed by atoms with Crippen molar-refractivity contribution >= 4 is 5.96 Å². The monoisotopic (exact) mass is 404 g/mol. The van der Waals surface area contributed by atoms with Gasteiger partial charge in [-0.2, -0.15) is 0 Å². The molecule has 0 bridgehead atoms. The second-order valence-corrected chi connectivity index (χ2v) is 7.31. The summed E-state index contributed by atoms with van der Waals surface area (Å²) in [5.74, 6) is -0.379. The molecule has 0 aliphatic carbocycles. The van der Waals surface area contributed by atoms with E-state index in [0.29, 0.717) is 30.5 Å². The summed E-state index contributed by atoms with van der Waals surface area (Å²) in [6.45, 7) is 3.17. The number of nitrogens with one attached hydrogen (secondary N) is 2. The van der Waals surface area contributed by atoms with Gasteiger partial charge in [-0.25, -0.2) is 13.2 Å². The van der Waals surface area contributed by atoms with Gasteiger partial charge in [0.25, 0.3) is 0 Å². The molecular formula is C22H27F3N4. The summed E-state index contributed by atoms with van der Waals surface area (Å²) in [7, 11) is 1.70. The number of aliphatic imine (C=N–C) groups is 1. The van der Waals surface area contributed by atoms with Gasteiger partial charge in [-0.15, -0.1) is 0 Å². The molecule has 7 heteroatoms. The lowest BCUT2D eigenvalue weighted by molar-refractivity contribution is 0.198. The molecule has 0 radical (unpaired) electrons. The smallest absolute Gasteiger partial charge is 0.191 e. The van der Waals surface area contributed by atoms with E-state index < -0.39 is 11.6 Å². The molecule has 0 amide bonds. The van der Waals surface area contributed by atoms with E-state index in [1.165, 1.54) is 18.2 Å². The van der Waals surface area contributed by atoms with Gasteiger partial charge in [0.05, 0.1) is 0 Å². The van der Waals surface area contributed by atoms with Gasteiger partial charge in [0.1, 0.15) is 17.5 Å². The summed E-state index contributed by atoms with van der Waals surface area (Å²) >= 11 is 0. The number of hydrogen-bond acceptors (Lipinski definition) is 2. The molecule has 2 N–H and O–H groups in total. The van der Waals surface area contributed by atoms with E-state index >= 15 is 0 Å². The summed E-state index contributed by atoms with van der Waals surface area (Å²) in [4.78, 5) is 6.58. The van der Waals surface area contributed by atoms with Crippen molar-refractivity contribution < 1.29 is 13.2 Å². The topological polar surface area (TPSA) is 39.7 Å². The number of hydrogen-bond donors (Lipinski definition) is 2. The number of halogens is 3. The van der Waals surface area contributed by atoms with Gasteiger partial charge in [0.2, 0.25) is 0 Å². The van der Waals surface area contributed by atoms with E-state index in [1.54, 1.807) is 7.05 Å². The first kappa shape index (κ1) is 21.2. The van der Waals surface area contributed by atoms with Gasteiger partial charge in [-0.3, -0.25) is 9.89 Å². The van der Waals surface area contributed by atoms with Crippen LogP contribution in [-0.4, -0.2) is 43.6 Å². The number of guanidine groups is 1. The van der Waals surface area contributed by atoms with Crippen LogP contribution in [0, 0.1) is 17.5 Å². The van der Waals surface area contributed by atoms with E-state index in [4.69, 9.17) is 0 Å². The van der Waals surface area contributed by atoms with Crippen LogP contribution in [-0.2, 0) is 13.0 Å². The van der Waals surface area contributed by atoms with E-state index in [1.807, 2.05) is 12.1 Å². The fraction of sp³-hybridized carbons (Fsp3) is 0.409. The molecular weight excluding hydrogens is 377 g/mol. The van der Waals surface area contributed by atoms with Crippen LogP contribution in [0.5, 0.6) is 0 Å². The minimum atomic E-state index is -0.434. The Morgan fingerprint density at radius 1 is 1.03 bits per heavy atom. The van der Waals surface area contributed by atoms with Crippen molar-refractivity contribution in [1.82, 2.24) is 15.5 Å². The zero-order chi connectivity index (χ0) is 20.6. The maximum atomic E-state index is 13.7. The van der Waals surface area contributed by atoms with Gasteiger partial charge >= 0.3 is 0 Å². The van der Waals surface area contributed by atoms with Crippen LogP contribution < -0.4 is 10.6 Å². The highest BCUT2D eigenvalue weighted by Crippen LogP contribution is 2.14. The fourth-order valence-corrected chi connectivity index (χ4v) is 3.52. The van der Waals surface area contributed by atoms with Crippen LogP contribution in [0.15, 0.2) is 47.5 Å². The van der Waals surface area contributed by atoms with Crippen LogP contribution >= 0.6 is 0 Å². The lowest BCUT2D eigenvalue weighted by atomic mass is 10.0. The maximum absolute atomic E-state index is 13.7. The normalized spacial score (nSPS) is 16.1. The molecule has 2 aromatic rings. The fourth-order valence-electron chi connectivity index (χ4n) is 3.52. The van der Waals surface area contributed by atoms with Crippen molar-refractivity contribution in [1.29, 1.82) is 0 Å². The number of benzene rings is 2. The molecule has 156 valence electrons. The highest BCUT2D eigenvalue weighted by atomic mass is 19.1. The minimum absolute atomic E-state index is 0.212. The van der Waals surface area contributed by atoms with Gasteiger partial charge in [0, 0.05) is 39.3 Å². The summed E-state index contributed by atoms with van der Waals surface area (Å²) in [6, 6.07) is 10.4. The lowest BCUT2D eigenvalue weighted by Gasteiger charge is -2.33. The molecule has 4 nitrogen and oxygen atoms in total. The highest BCUT2D eigenvalue weighted by Gasteiger charge is 2.20. The Bertz CT molecular complexity index is 815. The largest absolute Gasteiger partial charge is 0.356 e. The van der Waals surface area contributed by atoms with Gasteiger partial charge < -0.3 is 10.6 Å². The zero-order valence-electron chi connectivity index (χ0n) is 16.6. The predicted octanol–water partition coefficient (Wildman–Crippen LogP) is 3.48. The van der Waals surface area contributed by atoms with Crippen molar-refractivity contribution in [2.24, 2.45) is 4.99 Å². The highest BCUT2D eigenvalue weighted by molar-refractivity contribution is 5.79. The Balaban J connectivity index is 1.40. The number of likely N-dealkylation sites (tertiary alicyclic amines) is 1. The van der Waals surface area contributed by atoms with Crippen LogP contribution in [0.3, 0.4) is 0 Å². The first-order chi connectivity index (χ1) is 14.0. The Hall–Kier alpha value is -2.54. The molecule has 1 aliphatic rings. The molecule has 0 spiro atoms. The van der Waals surface area contributed by atoms with Crippen molar-refractivity contribution in [3.8, 4) is 0 Å². The Morgan fingerprint density at radius 2 is 1.72 bits per heavy atom. The zero-order valence-corrected chi connectivity index (χ0v) is 16.6. The SMILES string of the molecule is CN=C(NCCc1cc(F)ccc1F)NC1CCN(Cc2ccc(F)cc2)CC1. The molecule has 0 atom stereocenters. The summed E-state index contributed by atoms with van der Waals surface area (Å²) in [5.41, 5.74) is 1.46. The van der Waals surface area contributed by atoms with Crippen molar-refractivity contribution in [2.45, 2.75) is 31.8 Å². The first-order valence-electron chi connectivity index (χ1n) is 9.91. The van der Waals surface area contributed by atoms with Crippen LogP contribution in [0.2, 0.25) is 0 Å². The summed E-state index contributed by atoms with van der Waals surface area (Å²) in [6.07, 6.45) is 2.32. The van der Waals surface area contributed by atoms with Gasteiger partial charge in [-0.1, -0.05) is 12.1 Å². The molecule has 29 heavy (non-hydrogen) atoms. The van der Waals surface area contributed by atoms with Gasteiger partial charge in [-0.05, 0) is 60.7 Å². The van der Waals surface area contributed by atoms with Gasteiger partial charge in [0.15, 0.2) is 5.96 Å². The number of piperidine rings is 1. The number of nitrogens with zero attached hydrogens (tertiary/aromatic N) is 2. The molecule has 1 fully saturated rings. The second-order valence-electron chi connectivity index (χ2n) is 7.31. The predicted molar refractivity (Wildman–Crippen MR) is 109 cm³/mol. The standard InChI is InChI=1S/C22H27F3N4/c1-26-22(27-11-8-17-14-19(24)6-7-21(17)25)28-20-9-12-29(13-10-20)15-16-2-4-18(23)5-3-16/h2-7,14,20H,8-13,15H2,1H3,(H2,26,27,28). The minimum Gasteiger partial charge on any atom is -0.356 e. The Kier molecular flexibility index (Phi) is 7.52. The molecule has 1 saturated heterocycles. The lowest BCUT2D eigenvalue weighted by Crippen LogP contribution is -2.48. The van der Waals surface area contributed by atoms with Crippen LogP contribution in [0.25, 0.3) is 0 Å². The maximum Gasteiger partial charge on any atom is 0.191 e. The quantitative estimate of drug-likeness (QED) is 0.572. The average Bonchev–Trinajstić information content (AvgIpc) is 2.73. The molecule has 1 aliphatic heterocycles. The average molecular weight is 404 g/mol. The second kappa shape index (κ2) is 10.3. The Morgan fingerprint density at radius 3 is 2.41 bits per heavy atom. The van der Waals surface area contributed by atoms with Crippen molar-refractivity contribution in [3.63, 3.8) is 0 Å². The third kappa shape index (κ3) is 6.49. The van der Waals surface area contributed by atoms with Crippen molar-refractivity contribution in [3.05, 3.63) is 71.0 Å². The third-order valence-corrected chi connectivity index (χ3v) is 5.17. The molecule has 2 aromatic carbocycles. The molecule has 0 unspecified atom stereocenters. The molecule has 0 aromatic heterocycles. The molecule has 1 heterocycles. The van der Waals surface area contributed by atoms with Crippen LogP contribution in [0.1, 0.15) is 24.0 Å². The van der Waals surface area contributed by atoms with E-state index in [2.05, 4.69) is 20.5 Å². The van der Waals surface area contributed by atoms with E-state index in [-0.39, 0.29) is 5.82 Å². The van der Waals surface area contributed by atoms with Crippen LogP contribution in [0.4, 0.5) is 13.2 Å². The summed E-state index contributed by atoms with van der Waals surface area (Å²) in [5, 5.41) is 6.57. The summed E-state index contributed by atoms with van der Waals surface area (Å²) < 4.78 is 40.0. The van der Waals surface area contributed by atoms with Crippen molar-refractivity contribution in [2.75, 3.05) is 26.7 Å². The molecule has 3 rings (SSSR count). The first-order valence-corrected chi connectivity index (χ1v) is 9.91. The Labute approximate surface area is 169 Å². The molecule has 0 saturated carbocycles. The van der Waals surface area contributed by atoms with E-state index in [0.717, 1.165) is 50.2 Å². The number of rotatable bonds is 6. The van der Waals surface area contributed by atoms with E-state index in [9.17, 15) is 13.2 Å². The third-order valence-electron chi connectivity index (χ3n) is 5.17.